The van der Waals surface area contributed by atoms with Crippen LogP contribution in [0.25, 0.3) is 0 Å². The highest BCUT2D eigenvalue weighted by Crippen LogP contribution is 2.28. The van der Waals surface area contributed by atoms with Crippen LogP contribution in [0.15, 0.2) is 54.6 Å². The highest BCUT2D eigenvalue weighted by atomic mass is 32.1. The second-order valence-electron chi connectivity index (χ2n) is 5.61. The van der Waals surface area contributed by atoms with Gasteiger partial charge in [0.25, 0.3) is 0 Å². The quantitative estimate of drug-likeness (QED) is 0.659. The third kappa shape index (κ3) is 4.58. The molecule has 3 rings (SSSR count). The maximum atomic E-state index is 12.1. The molecule has 0 spiro atoms. The van der Waals surface area contributed by atoms with Gasteiger partial charge in [-0.1, -0.05) is 48.6 Å². The number of nitrogens with zero attached hydrogens (tertiary/aromatic N) is 2. The van der Waals surface area contributed by atoms with Gasteiger partial charge in [-0.3, -0.25) is 5.32 Å². The van der Waals surface area contributed by atoms with Crippen molar-refractivity contribution in [2.75, 3.05) is 17.2 Å². The van der Waals surface area contributed by atoms with Crippen LogP contribution in [-0.2, 0) is 0 Å². The number of ether oxygens (including phenoxy) is 1. The van der Waals surface area contributed by atoms with Crippen LogP contribution < -0.4 is 15.4 Å². The molecule has 2 N–H and O–H groups in total. The number of benzene rings is 2. The summed E-state index contributed by atoms with van der Waals surface area (Å²) in [6.45, 7) is 4.60. The van der Waals surface area contributed by atoms with E-state index in [0.717, 1.165) is 16.3 Å². The molecule has 0 fully saturated rings. The lowest BCUT2D eigenvalue weighted by Gasteiger charge is -2.07. The summed E-state index contributed by atoms with van der Waals surface area (Å²) in [5.74, 6) is 0.889. The molecule has 0 aliphatic carbocycles. The molecule has 1 heterocycles. The molecule has 2 amide bonds. The number of nitrogens with one attached hydrogen (secondary N) is 2. The van der Waals surface area contributed by atoms with Gasteiger partial charge in [-0.05, 0) is 36.8 Å². The number of aromatic nitrogens is 2. The van der Waals surface area contributed by atoms with Crippen LogP contribution in [0.3, 0.4) is 0 Å². The lowest BCUT2D eigenvalue weighted by atomic mass is 10.0. The topological polar surface area (TPSA) is 76.1 Å². The Morgan fingerprint density at radius 3 is 2.50 bits per heavy atom. The van der Waals surface area contributed by atoms with Crippen LogP contribution in [-0.4, -0.2) is 22.8 Å². The summed E-state index contributed by atoms with van der Waals surface area (Å²) in [5.41, 5.74) is 1.84. The van der Waals surface area contributed by atoms with Gasteiger partial charge in [0.1, 0.15) is 10.8 Å². The average Bonchev–Trinajstić information content (AvgIpc) is 3.12. The third-order valence-corrected chi connectivity index (χ3v) is 4.78. The molecule has 0 bridgehead atoms. The molecule has 1 atom stereocenters. The van der Waals surface area contributed by atoms with Gasteiger partial charge in [-0.25, -0.2) is 4.79 Å². The monoisotopic (exact) mass is 368 g/mol. The molecule has 1 aromatic heterocycles. The minimum atomic E-state index is -0.357. The van der Waals surface area contributed by atoms with Gasteiger partial charge in [0.15, 0.2) is 0 Å². The van der Waals surface area contributed by atoms with Gasteiger partial charge in [0, 0.05) is 11.6 Å². The van der Waals surface area contributed by atoms with Crippen LogP contribution in [0.1, 0.15) is 30.3 Å². The minimum absolute atomic E-state index is 0.124. The number of hydrogen-bond acceptors (Lipinski definition) is 5. The van der Waals surface area contributed by atoms with E-state index in [2.05, 4.69) is 39.9 Å². The van der Waals surface area contributed by atoms with Crippen LogP contribution in [0, 0.1) is 0 Å². The van der Waals surface area contributed by atoms with E-state index in [1.165, 1.54) is 11.3 Å². The number of rotatable bonds is 6. The molecule has 0 unspecified atom stereocenters. The zero-order valence-corrected chi connectivity index (χ0v) is 15.4. The Morgan fingerprint density at radius 2 is 1.81 bits per heavy atom. The second kappa shape index (κ2) is 8.44. The van der Waals surface area contributed by atoms with Gasteiger partial charge in [-0.2, -0.15) is 0 Å². The molecule has 0 radical (unpaired) electrons. The molecule has 7 heteroatoms. The number of amides is 2. The SMILES string of the molecule is CCOc1ccc(NC(=O)Nc2nnc([C@H](C)c3ccccc3)s2)cc1. The summed E-state index contributed by atoms with van der Waals surface area (Å²) in [7, 11) is 0. The Labute approximate surface area is 156 Å². The molecule has 2 aromatic carbocycles. The van der Waals surface area contributed by atoms with Gasteiger partial charge >= 0.3 is 6.03 Å². The maximum Gasteiger partial charge on any atom is 0.325 e. The van der Waals surface area contributed by atoms with E-state index in [1.807, 2.05) is 37.3 Å². The normalized spacial score (nSPS) is 11.6. The van der Waals surface area contributed by atoms with Crippen molar-refractivity contribution in [2.24, 2.45) is 0 Å². The van der Waals surface area contributed by atoms with E-state index in [0.29, 0.717) is 17.4 Å². The summed E-state index contributed by atoms with van der Waals surface area (Å²) in [4.78, 5) is 12.1. The molecular weight excluding hydrogens is 348 g/mol. The van der Waals surface area contributed by atoms with E-state index in [1.54, 1.807) is 12.1 Å². The third-order valence-electron chi connectivity index (χ3n) is 3.75. The summed E-state index contributed by atoms with van der Waals surface area (Å²) in [5, 5.41) is 15.1. The van der Waals surface area contributed by atoms with Crippen molar-refractivity contribution >= 4 is 28.2 Å². The van der Waals surface area contributed by atoms with Crippen LogP contribution >= 0.6 is 11.3 Å². The number of carbonyl (C=O) groups is 1. The smallest absolute Gasteiger partial charge is 0.325 e. The number of carbonyl (C=O) groups excluding carboxylic acids is 1. The Balaban J connectivity index is 1.59. The fraction of sp³-hybridized carbons (Fsp3) is 0.211. The van der Waals surface area contributed by atoms with E-state index in [9.17, 15) is 4.79 Å². The van der Waals surface area contributed by atoms with E-state index < -0.39 is 0 Å². The summed E-state index contributed by atoms with van der Waals surface area (Å²) >= 11 is 1.37. The molecule has 6 nitrogen and oxygen atoms in total. The lowest BCUT2D eigenvalue weighted by molar-refractivity contribution is 0.262. The summed E-state index contributed by atoms with van der Waals surface area (Å²) in [6, 6.07) is 16.9. The van der Waals surface area contributed by atoms with Crippen molar-refractivity contribution in [3.05, 3.63) is 65.2 Å². The predicted octanol–water partition coefficient (Wildman–Crippen LogP) is 4.73. The number of anilines is 2. The zero-order chi connectivity index (χ0) is 18.4. The van der Waals surface area contributed by atoms with Gasteiger partial charge < -0.3 is 10.1 Å². The summed E-state index contributed by atoms with van der Waals surface area (Å²) in [6.07, 6.45) is 0. The van der Waals surface area contributed by atoms with Crippen LogP contribution in [0.4, 0.5) is 15.6 Å². The molecule has 0 aliphatic heterocycles. The van der Waals surface area contributed by atoms with Crippen LogP contribution in [0.2, 0.25) is 0 Å². The Kier molecular flexibility index (Phi) is 5.80. The van der Waals surface area contributed by atoms with Crippen LogP contribution in [0.5, 0.6) is 5.75 Å². The lowest BCUT2D eigenvalue weighted by Crippen LogP contribution is -2.19. The first-order chi connectivity index (χ1) is 12.7. The molecule has 3 aromatic rings. The average molecular weight is 368 g/mol. The fourth-order valence-electron chi connectivity index (χ4n) is 2.40. The molecule has 0 saturated heterocycles. The Morgan fingerprint density at radius 1 is 1.08 bits per heavy atom. The molecule has 0 aliphatic rings. The number of urea groups is 1. The second-order valence-corrected chi connectivity index (χ2v) is 6.62. The Hall–Kier alpha value is -2.93. The largest absolute Gasteiger partial charge is 0.494 e. The van der Waals surface area contributed by atoms with Gasteiger partial charge in [-0.15, -0.1) is 10.2 Å². The standard InChI is InChI=1S/C19H20N4O2S/c1-3-25-16-11-9-15(10-12-16)20-18(24)21-19-23-22-17(26-19)13(2)14-7-5-4-6-8-14/h4-13H,3H2,1-2H3,(H2,20,21,23,24)/t13-/m1/s1. The predicted molar refractivity (Wildman–Crippen MR) is 104 cm³/mol. The molecule has 26 heavy (non-hydrogen) atoms. The fourth-order valence-corrected chi connectivity index (χ4v) is 3.22. The van der Waals surface area contributed by atoms with E-state index >= 15 is 0 Å². The highest BCUT2D eigenvalue weighted by Gasteiger charge is 2.15. The first-order valence-corrected chi connectivity index (χ1v) is 9.16. The zero-order valence-electron chi connectivity index (χ0n) is 14.6. The van der Waals surface area contributed by atoms with Crippen molar-refractivity contribution in [1.29, 1.82) is 0 Å². The number of hydrogen-bond donors (Lipinski definition) is 2. The van der Waals surface area contributed by atoms with Gasteiger partial charge in [0.2, 0.25) is 5.13 Å². The molecule has 0 saturated carbocycles. The highest BCUT2D eigenvalue weighted by molar-refractivity contribution is 7.15. The summed E-state index contributed by atoms with van der Waals surface area (Å²) < 4.78 is 5.38. The Bertz CT molecular complexity index is 849. The first-order valence-electron chi connectivity index (χ1n) is 8.35. The van der Waals surface area contributed by atoms with Crippen molar-refractivity contribution in [3.63, 3.8) is 0 Å². The molecular formula is C19H20N4O2S. The van der Waals surface area contributed by atoms with E-state index in [-0.39, 0.29) is 11.9 Å². The molecule has 134 valence electrons. The van der Waals surface area contributed by atoms with Crippen molar-refractivity contribution in [1.82, 2.24) is 10.2 Å². The van der Waals surface area contributed by atoms with Crippen molar-refractivity contribution in [2.45, 2.75) is 19.8 Å². The van der Waals surface area contributed by atoms with Crippen molar-refractivity contribution < 1.29 is 9.53 Å². The maximum absolute atomic E-state index is 12.1. The minimum Gasteiger partial charge on any atom is -0.494 e. The van der Waals surface area contributed by atoms with Gasteiger partial charge in [0.05, 0.1) is 6.61 Å². The first kappa shape index (κ1) is 17.9. The van der Waals surface area contributed by atoms with E-state index in [4.69, 9.17) is 4.74 Å². The van der Waals surface area contributed by atoms with Crippen molar-refractivity contribution in [3.8, 4) is 5.75 Å².